The number of aromatic amines is 1. The van der Waals surface area contributed by atoms with Crippen LogP contribution in [0.5, 0.6) is 0 Å². The molecule has 0 saturated carbocycles. The number of anilines is 2. The van der Waals surface area contributed by atoms with Gasteiger partial charge in [0.05, 0.1) is 6.54 Å². The van der Waals surface area contributed by atoms with Gasteiger partial charge in [-0.1, -0.05) is 63.6 Å². The third-order valence-corrected chi connectivity index (χ3v) is 5.90. The summed E-state index contributed by atoms with van der Waals surface area (Å²) in [5, 5.41) is 5.57. The van der Waals surface area contributed by atoms with Crippen LogP contribution in [0.4, 0.5) is 11.5 Å². The average molecular weight is 466 g/mol. The molecule has 0 fully saturated rings. The van der Waals surface area contributed by atoms with Gasteiger partial charge >= 0.3 is 5.69 Å². The van der Waals surface area contributed by atoms with Crippen molar-refractivity contribution in [2.24, 2.45) is 5.92 Å². The Kier molecular flexibility index (Phi) is 8.28. The van der Waals surface area contributed by atoms with Crippen molar-refractivity contribution in [1.82, 2.24) is 14.9 Å². The minimum atomic E-state index is -0.644. The van der Waals surface area contributed by atoms with Crippen molar-refractivity contribution in [2.45, 2.75) is 53.1 Å². The van der Waals surface area contributed by atoms with E-state index in [1.807, 2.05) is 45.9 Å². The van der Waals surface area contributed by atoms with Gasteiger partial charge in [-0.05, 0) is 41.7 Å². The number of carbonyl (C=O) groups is 1. The summed E-state index contributed by atoms with van der Waals surface area (Å²) in [6, 6.07) is 14.3. The predicted octanol–water partition coefficient (Wildman–Crippen LogP) is 3.41. The van der Waals surface area contributed by atoms with Gasteiger partial charge in [0.25, 0.3) is 5.56 Å². The molecule has 0 bridgehead atoms. The molecule has 3 aromatic rings. The summed E-state index contributed by atoms with van der Waals surface area (Å²) >= 11 is 0. The Balaban J connectivity index is 1.84. The number of unbranched alkanes of at least 4 members (excludes halogenated alkanes) is 1. The highest BCUT2D eigenvalue weighted by Crippen LogP contribution is 2.21. The molecule has 0 spiro atoms. The Morgan fingerprint density at radius 2 is 1.82 bits per heavy atom. The summed E-state index contributed by atoms with van der Waals surface area (Å²) in [7, 11) is 0. The van der Waals surface area contributed by atoms with Crippen LogP contribution in [0.1, 0.15) is 52.1 Å². The topological polar surface area (TPSA) is 113 Å². The Morgan fingerprint density at radius 3 is 2.50 bits per heavy atom. The zero-order valence-electron chi connectivity index (χ0n) is 20.4. The molecule has 3 rings (SSSR count). The van der Waals surface area contributed by atoms with Gasteiger partial charge in [-0.15, -0.1) is 0 Å². The lowest BCUT2D eigenvalue weighted by Gasteiger charge is -2.26. The molecule has 0 aliphatic carbocycles. The van der Waals surface area contributed by atoms with Gasteiger partial charge in [0, 0.05) is 19.1 Å². The van der Waals surface area contributed by atoms with E-state index >= 15 is 0 Å². The lowest BCUT2D eigenvalue weighted by atomic mass is 10.0. The number of rotatable bonds is 10. The van der Waals surface area contributed by atoms with E-state index in [9.17, 15) is 14.4 Å². The van der Waals surface area contributed by atoms with E-state index in [0.29, 0.717) is 19.5 Å². The number of hydrogen-bond donors (Lipinski definition) is 3. The molecule has 1 amide bonds. The molecule has 1 atom stereocenters. The van der Waals surface area contributed by atoms with E-state index < -0.39 is 11.2 Å². The lowest BCUT2D eigenvalue weighted by molar-refractivity contribution is -0.118. The smallest absolute Gasteiger partial charge is 0.330 e. The third-order valence-electron chi connectivity index (χ3n) is 5.90. The number of benzene rings is 2. The molecule has 182 valence electrons. The first kappa shape index (κ1) is 25.2. The molecule has 2 aromatic carbocycles. The SMILES string of the molecule is CCCCN(C(=O)CN[C@H](C)c1ccc2ccccc2c1)c1c(N)n(CC(C)C)c(=O)[nH]c1=O. The molecule has 4 N–H and O–H groups in total. The van der Waals surface area contributed by atoms with Crippen molar-refractivity contribution in [3.63, 3.8) is 0 Å². The van der Waals surface area contributed by atoms with Gasteiger partial charge in [0.1, 0.15) is 5.82 Å². The standard InChI is InChI=1S/C26H35N5O3/c1-5-6-13-30(23-24(27)31(16-17(2)3)26(34)29-25(23)33)22(32)15-28-18(4)20-12-11-19-9-7-8-10-21(19)14-20/h7-12,14,17-18,28H,5-6,13,15-16,27H2,1-4H3,(H,29,33,34)/t18-/m1/s1. The molecule has 0 radical (unpaired) electrons. The van der Waals surface area contributed by atoms with Crippen molar-refractivity contribution in [1.29, 1.82) is 0 Å². The predicted molar refractivity (Wildman–Crippen MR) is 138 cm³/mol. The van der Waals surface area contributed by atoms with Crippen LogP contribution in [-0.2, 0) is 11.3 Å². The van der Waals surface area contributed by atoms with E-state index in [0.717, 1.165) is 22.8 Å². The molecular weight excluding hydrogens is 430 g/mol. The second-order valence-corrected chi connectivity index (χ2v) is 9.11. The van der Waals surface area contributed by atoms with Crippen LogP contribution in [0, 0.1) is 5.92 Å². The summed E-state index contributed by atoms with van der Waals surface area (Å²) in [5.74, 6) is -0.106. The number of fused-ring (bicyclic) bond motifs is 1. The number of amides is 1. The molecular formula is C26H35N5O3. The maximum Gasteiger partial charge on any atom is 0.330 e. The number of nitrogens with zero attached hydrogens (tertiary/aromatic N) is 2. The minimum Gasteiger partial charge on any atom is -0.383 e. The van der Waals surface area contributed by atoms with Gasteiger partial charge in [-0.2, -0.15) is 0 Å². The first-order valence-electron chi connectivity index (χ1n) is 11.9. The highest BCUT2D eigenvalue weighted by Gasteiger charge is 2.24. The van der Waals surface area contributed by atoms with Gasteiger partial charge in [-0.3, -0.25) is 19.1 Å². The Labute approximate surface area is 199 Å². The second-order valence-electron chi connectivity index (χ2n) is 9.11. The molecule has 8 heteroatoms. The lowest BCUT2D eigenvalue weighted by Crippen LogP contribution is -2.45. The van der Waals surface area contributed by atoms with E-state index in [1.165, 1.54) is 9.47 Å². The second kappa shape index (κ2) is 11.2. The zero-order chi connectivity index (χ0) is 24.8. The van der Waals surface area contributed by atoms with Gasteiger partial charge in [0.2, 0.25) is 5.91 Å². The first-order valence-corrected chi connectivity index (χ1v) is 11.9. The summed E-state index contributed by atoms with van der Waals surface area (Å²) in [6.07, 6.45) is 1.54. The molecule has 0 aliphatic heterocycles. The zero-order valence-corrected chi connectivity index (χ0v) is 20.4. The Hall–Kier alpha value is -3.39. The summed E-state index contributed by atoms with van der Waals surface area (Å²) < 4.78 is 1.33. The van der Waals surface area contributed by atoms with Crippen LogP contribution >= 0.6 is 0 Å². The normalized spacial score (nSPS) is 12.3. The number of carbonyl (C=O) groups excluding carboxylic acids is 1. The Bertz CT molecular complexity index is 1260. The number of hydrogen-bond acceptors (Lipinski definition) is 5. The van der Waals surface area contributed by atoms with Gasteiger partial charge in [0.15, 0.2) is 5.69 Å². The van der Waals surface area contributed by atoms with Crippen LogP contribution < -0.4 is 27.2 Å². The van der Waals surface area contributed by atoms with Crippen LogP contribution in [0.15, 0.2) is 52.1 Å². The highest BCUT2D eigenvalue weighted by atomic mass is 16.2. The molecule has 1 aromatic heterocycles. The largest absolute Gasteiger partial charge is 0.383 e. The number of H-pyrrole nitrogens is 1. The molecule has 0 aliphatic rings. The van der Waals surface area contributed by atoms with E-state index in [4.69, 9.17) is 5.73 Å². The molecule has 0 saturated heterocycles. The maximum atomic E-state index is 13.3. The van der Waals surface area contributed by atoms with E-state index in [2.05, 4.69) is 34.6 Å². The molecule has 1 heterocycles. The number of nitrogens with one attached hydrogen (secondary N) is 2. The number of nitrogen functional groups attached to an aromatic ring is 1. The van der Waals surface area contributed by atoms with E-state index in [-0.39, 0.29) is 35.9 Å². The first-order chi connectivity index (χ1) is 16.2. The Morgan fingerprint density at radius 1 is 1.12 bits per heavy atom. The van der Waals surface area contributed by atoms with Crippen molar-refractivity contribution < 1.29 is 4.79 Å². The monoisotopic (exact) mass is 465 g/mol. The summed E-state index contributed by atoms with van der Waals surface area (Å²) in [5.41, 5.74) is 6.17. The molecule has 8 nitrogen and oxygen atoms in total. The van der Waals surface area contributed by atoms with Crippen molar-refractivity contribution in [3.05, 3.63) is 68.9 Å². The van der Waals surface area contributed by atoms with E-state index in [1.54, 1.807) is 0 Å². The highest BCUT2D eigenvalue weighted by molar-refractivity contribution is 5.96. The average Bonchev–Trinajstić information content (AvgIpc) is 2.81. The van der Waals surface area contributed by atoms with Crippen LogP contribution in [-0.4, -0.2) is 28.5 Å². The van der Waals surface area contributed by atoms with Crippen LogP contribution in [0.3, 0.4) is 0 Å². The van der Waals surface area contributed by atoms with Crippen molar-refractivity contribution in [2.75, 3.05) is 23.7 Å². The number of aromatic nitrogens is 2. The fraction of sp³-hybridized carbons (Fsp3) is 0.423. The quantitative estimate of drug-likeness (QED) is 0.425. The summed E-state index contributed by atoms with van der Waals surface area (Å²) in [6.45, 7) is 8.63. The number of nitrogens with two attached hydrogens (primary N) is 1. The fourth-order valence-corrected chi connectivity index (χ4v) is 3.99. The maximum absolute atomic E-state index is 13.3. The third kappa shape index (κ3) is 5.75. The van der Waals surface area contributed by atoms with Gasteiger partial charge < -0.3 is 16.0 Å². The van der Waals surface area contributed by atoms with Crippen molar-refractivity contribution in [3.8, 4) is 0 Å². The van der Waals surface area contributed by atoms with Crippen molar-refractivity contribution >= 4 is 28.2 Å². The van der Waals surface area contributed by atoms with Gasteiger partial charge in [-0.25, -0.2) is 4.79 Å². The van der Waals surface area contributed by atoms with Crippen LogP contribution in [0.2, 0.25) is 0 Å². The fourth-order valence-electron chi connectivity index (χ4n) is 3.99. The van der Waals surface area contributed by atoms with Crippen LogP contribution in [0.25, 0.3) is 10.8 Å². The minimum absolute atomic E-state index is 0.0227. The molecule has 0 unspecified atom stereocenters. The summed E-state index contributed by atoms with van der Waals surface area (Å²) in [4.78, 5) is 42.1. The molecule has 34 heavy (non-hydrogen) atoms.